The maximum atomic E-state index is 13.3. The van der Waals surface area contributed by atoms with E-state index in [0.29, 0.717) is 5.75 Å². The number of fused-ring (bicyclic) bond motifs is 1. The van der Waals surface area contributed by atoms with Crippen molar-refractivity contribution in [2.75, 3.05) is 6.54 Å². The third kappa shape index (κ3) is 4.27. The Morgan fingerprint density at radius 1 is 1.03 bits per heavy atom. The summed E-state index contributed by atoms with van der Waals surface area (Å²) >= 11 is 0. The van der Waals surface area contributed by atoms with Crippen LogP contribution in [0.25, 0.3) is 10.9 Å². The third-order valence-electron chi connectivity index (χ3n) is 4.91. The van der Waals surface area contributed by atoms with Crippen LogP contribution in [-0.2, 0) is 6.61 Å². The number of aromatic nitrogens is 1. The SMILES string of the molecule is O=[N+]([O-])C[C@H](c1ccc(OCc2cccc(F)c2)cc1)c1c[nH]c2ccccc12. The summed E-state index contributed by atoms with van der Waals surface area (Å²) in [7, 11) is 0. The summed E-state index contributed by atoms with van der Waals surface area (Å²) < 4.78 is 19.0. The van der Waals surface area contributed by atoms with E-state index in [1.807, 2.05) is 42.6 Å². The van der Waals surface area contributed by atoms with Crippen LogP contribution in [0.3, 0.4) is 0 Å². The normalized spacial score (nSPS) is 12.0. The first-order valence-electron chi connectivity index (χ1n) is 9.25. The summed E-state index contributed by atoms with van der Waals surface area (Å²) in [6, 6.07) is 21.3. The minimum atomic E-state index is -0.376. The van der Waals surface area contributed by atoms with Crippen LogP contribution in [-0.4, -0.2) is 16.5 Å². The van der Waals surface area contributed by atoms with Gasteiger partial charge < -0.3 is 9.72 Å². The van der Waals surface area contributed by atoms with Crippen LogP contribution in [0, 0.1) is 15.9 Å². The Morgan fingerprint density at radius 3 is 2.59 bits per heavy atom. The second-order valence-electron chi connectivity index (χ2n) is 6.85. The Balaban J connectivity index is 1.56. The van der Waals surface area contributed by atoms with Gasteiger partial charge in [-0.3, -0.25) is 10.1 Å². The quantitative estimate of drug-likeness (QED) is 0.344. The summed E-state index contributed by atoms with van der Waals surface area (Å²) in [4.78, 5) is 14.2. The van der Waals surface area contributed by atoms with Crippen molar-refractivity contribution in [1.29, 1.82) is 0 Å². The molecule has 3 aromatic carbocycles. The number of benzene rings is 3. The van der Waals surface area contributed by atoms with E-state index in [4.69, 9.17) is 4.74 Å². The number of hydrogen-bond acceptors (Lipinski definition) is 3. The van der Waals surface area contributed by atoms with Gasteiger partial charge in [0.25, 0.3) is 0 Å². The van der Waals surface area contributed by atoms with Crippen molar-refractivity contribution in [3.05, 3.63) is 112 Å². The molecule has 0 saturated carbocycles. The molecule has 0 spiro atoms. The first kappa shape index (κ1) is 18.7. The number of nitro groups is 1. The Labute approximate surface area is 166 Å². The van der Waals surface area contributed by atoms with Crippen molar-refractivity contribution >= 4 is 10.9 Å². The Bertz CT molecular complexity index is 1140. The van der Waals surface area contributed by atoms with E-state index in [1.54, 1.807) is 24.3 Å². The molecule has 0 saturated heterocycles. The summed E-state index contributed by atoms with van der Waals surface area (Å²) in [5.74, 6) is -0.0574. The van der Waals surface area contributed by atoms with E-state index in [-0.39, 0.29) is 29.8 Å². The zero-order chi connectivity index (χ0) is 20.2. The average molecular weight is 390 g/mol. The summed E-state index contributed by atoms with van der Waals surface area (Å²) in [5.41, 5.74) is 3.42. The highest BCUT2D eigenvalue weighted by Gasteiger charge is 2.23. The van der Waals surface area contributed by atoms with Crippen molar-refractivity contribution in [3.8, 4) is 5.75 Å². The second-order valence-corrected chi connectivity index (χ2v) is 6.85. The fourth-order valence-corrected chi connectivity index (χ4v) is 3.50. The molecule has 0 amide bonds. The largest absolute Gasteiger partial charge is 0.489 e. The number of halogens is 1. The zero-order valence-corrected chi connectivity index (χ0v) is 15.5. The maximum absolute atomic E-state index is 13.3. The fourth-order valence-electron chi connectivity index (χ4n) is 3.50. The van der Waals surface area contributed by atoms with Crippen LogP contribution in [0.15, 0.2) is 79.0 Å². The first-order valence-corrected chi connectivity index (χ1v) is 9.25. The molecule has 6 heteroatoms. The molecule has 1 heterocycles. The van der Waals surface area contributed by atoms with Crippen LogP contribution in [0.1, 0.15) is 22.6 Å². The van der Waals surface area contributed by atoms with Crippen molar-refractivity contribution in [2.45, 2.75) is 12.5 Å². The molecule has 29 heavy (non-hydrogen) atoms. The van der Waals surface area contributed by atoms with Crippen LogP contribution in [0.5, 0.6) is 5.75 Å². The highest BCUT2D eigenvalue weighted by Crippen LogP contribution is 2.32. The summed E-state index contributed by atoms with van der Waals surface area (Å²) in [6.45, 7) is 0.0449. The predicted molar refractivity (Wildman–Crippen MR) is 109 cm³/mol. The van der Waals surface area contributed by atoms with Gasteiger partial charge in [0, 0.05) is 22.0 Å². The van der Waals surface area contributed by atoms with Gasteiger partial charge in [0.1, 0.15) is 18.2 Å². The molecule has 146 valence electrons. The molecular weight excluding hydrogens is 371 g/mol. The van der Waals surface area contributed by atoms with Crippen molar-refractivity contribution in [1.82, 2.24) is 4.98 Å². The summed E-state index contributed by atoms with van der Waals surface area (Å²) in [6.07, 6.45) is 1.84. The maximum Gasteiger partial charge on any atom is 0.214 e. The minimum absolute atomic E-state index is 0.203. The van der Waals surface area contributed by atoms with E-state index >= 15 is 0 Å². The summed E-state index contributed by atoms with van der Waals surface area (Å²) in [5, 5.41) is 12.3. The smallest absolute Gasteiger partial charge is 0.214 e. The number of nitrogens with one attached hydrogen (secondary N) is 1. The topological polar surface area (TPSA) is 68.2 Å². The average Bonchev–Trinajstić information content (AvgIpc) is 3.15. The molecular formula is C23H19FN2O3. The molecule has 0 unspecified atom stereocenters. The molecule has 1 aromatic heterocycles. The second kappa shape index (κ2) is 8.14. The van der Waals surface area contributed by atoms with Gasteiger partial charge in [-0.1, -0.05) is 42.5 Å². The van der Waals surface area contributed by atoms with E-state index in [9.17, 15) is 14.5 Å². The molecule has 5 nitrogen and oxygen atoms in total. The third-order valence-corrected chi connectivity index (χ3v) is 4.91. The van der Waals surface area contributed by atoms with E-state index < -0.39 is 0 Å². The predicted octanol–water partition coefficient (Wildman–Crippen LogP) is 5.29. The Hall–Kier alpha value is -3.67. The van der Waals surface area contributed by atoms with E-state index in [1.165, 1.54) is 12.1 Å². The van der Waals surface area contributed by atoms with Crippen LogP contribution < -0.4 is 4.74 Å². The lowest BCUT2D eigenvalue weighted by Gasteiger charge is -2.14. The van der Waals surface area contributed by atoms with Crippen LogP contribution in [0.4, 0.5) is 4.39 Å². The Kier molecular flexibility index (Phi) is 5.24. The number of hydrogen-bond donors (Lipinski definition) is 1. The molecule has 0 aliphatic heterocycles. The van der Waals surface area contributed by atoms with Gasteiger partial charge in [-0.25, -0.2) is 4.39 Å². The highest BCUT2D eigenvalue weighted by atomic mass is 19.1. The standard InChI is InChI=1S/C23H19FN2O3/c24-18-5-3-4-16(12-18)15-29-19-10-8-17(9-11-19)22(14-26(27)28)21-13-25-23-7-2-1-6-20(21)23/h1-13,22,25H,14-15H2/t22-/m1/s1. The number of ether oxygens (including phenoxy) is 1. The number of para-hydroxylation sites is 1. The van der Waals surface area contributed by atoms with Gasteiger partial charge in [-0.05, 0) is 47.0 Å². The molecule has 0 bridgehead atoms. The van der Waals surface area contributed by atoms with Gasteiger partial charge in [-0.2, -0.15) is 0 Å². The molecule has 1 atom stereocenters. The van der Waals surface area contributed by atoms with Crippen molar-refractivity contribution in [3.63, 3.8) is 0 Å². The van der Waals surface area contributed by atoms with Gasteiger partial charge in [0.05, 0.1) is 5.92 Å². The van der Waals surface area contributed by atoms with E-state index in [2.05, 4.69) is 4.98 Å². The lowest BCUT2D eigenvalue weighted by molar-refractivity contribution is -0.481. The first-order chi connectivity index (χ1) is 14.1. The van der Waals surface area contributed by atoms with Crippen LogP contribution >= 0.6 is 0 Å². The van der Waals surface area contributed by atoms with Crippen molar-refractivity contribution < 1.29 is 14.1 Å². The zero-order valence-electron chi connectivity index (χ0n) is 15.5. The highest BCUT2D eigenvalue weighted by molar-refractivity contribution is 5.84. The lowest BCUT2D eigenvalue weighted by Crippen LogP contribution is -2.13. The molecule has 0 aliphatic carbocycles. The number of rotatable bonds is 7. The monoisotopic (exact) mass is 390 g/mol. The van der Waals surface area contributed by atoms with Crippen LogP contribution in [0.2, 0.25) is 0 Å². The molecule has 0 fully saturated rings. The number of aromatic amines is 1. The minimum Gasteiger partial charge on any atom is -0.489 e. The number of nitrogens with zero attached hydrogens (tertiary/aromatic N) is 1. The van der Waals surface area contributed by atoms with Gasteiger partial charge in [-0.15, -0.1) is 0 Å². The van der Waals surface area contributed by atoms with Crippen molar-refractivity contribution in [2.24, 2.45) is 0 Å². The van der Waals surface area contributed by atoms with Gasteiger partial charge in [0.15, 0.2) is 0 Å². The number of H-pyrrole nitrogens is 1. The van der Waals surface area contributed by atoms with E-state index in [0.717, 1.165) is 27.6 Å². The molecule has 0 aliphatic rings. The molecule has 4 rings (SSSR count). The van der Waals surface area contributed by atoms with Gasteiger partial charge in [0.2, 0.25) is 6.54 Å². The molecule has 4 aromatic rings. The lowest BCUT2D eigenvalue weighted by atomic mass is 9.91. The Morgan fingerprint density at radius 2 is 1.83 bits per heavy atom. The molecule has 0 radical (unpaired) electrons. The molecule has 1 N–H and O–H groups in total. The van der Waals surface area contributed by atoms with Gasteiger partial charge >= 0.3 is 0 Å². The fraction of sp³-hybridized carbons (Fsp3) is 0.130.